The first-order chi connectivity index (χ1) is 12.2. The molecule has 2 amide bonds. The monoisotopic (exact) mass is 340 g/mol. The number of carbonyl (C=O) groups excluding carboxylic acids is 2. The van der Waals surface area contributed by atoms with Crippen molar-refractivity contribution in [3.05, 3.63) is 42.7 Å². The molecule has 1 aromatic heterocycles. The van der Waals surface area contributed by atoms with E-state index < -0.39 is 0 Å². The number of aromatic nitrogens is 2. The Bertz CT molecular complexity index is 713. The summed E-state index contributed by atoms with van der Waals surface area (Å²) in [6.07, 6.45) is 7.20. The zero-order chi connectivity index (χ0) is 17.5. The fraction of sp³-hybridized carbons (Fsp3) is 0.333. The van der Waals surface area contributed by atoms with E-state index in [4.69, 9.17) is 4.74 Å². The Kier molecular flexibility index (Phi) is 5.56. The van der Waals surface area contributed by atoms with Crippen LogP contribution in [0.1, 0.15) is 25.7 Å². The number of carbonyl (C=O) groups is 2. The van der Waals surface area contributed by atoms with E-state index in [1.807, 2.05) is 0 Å². The van der Waals surface area contributed by atoms with Crippen molar-refractivity contribution in [3.8, 4) is 11.8 Å². The number of amides is 2. The van der Waals surface area contributed by atoms with Gasteiger partial charge in [0.1, 0.15) is 5.75 Å². The van der Waals surface area contributed by atoms with Gasteiger partial charge in [0.15, 0.2) is 0 Å². The minimum absolute atomic E-state index is 0.0224. The van der Waals surface area contributed by atoms with E-state index in [9.17, 15) is 9.59 Å². The molecule has 0 atom stereocenters. The summed E-state index contributed by atoms with van der Waals surface area (Å²) in [5, 5.41) is 5.43. The minimum Gasteiger partial charge on any atom is -0.424 e. The third kappa shape index (κ3) is 5.00. The van der Waals surface area contributed by atoms with Gasteiger partial charge in [0, 0.05) is 24.0 Å². The van der Waals surface area contributed by atoms with Gasteiger partial charge in [-0.05, 0) is 43.2 Å². The highest BCUT2D eigenvalue weighted by molar-refractivity contribution is 5.94. The first-order valence-electron chi connectivity index (χ1n) is 8.33. The number of benzene rings is 1. The summed E-state index contributed by atoms with van der Waals surface area (Å²) in [5.41, 5.74) is 0.626. The Hall–Kier alpha value is -2.96. The second-order valence-corrected chi connectivity index (χ2v) is 5.91. The predicted molar refractivity (Wildman–Crippen MR) is 92.1 cm³/mol. The van der Waals surface area contributed by atoms with Crippen LogP contribution in [0, 0.1) is 5.92 Å². The third-order valence-electron chi connectivity index (χ3n) is 4.04. The van der Waals surface area contributed by atoms with Crippen molar-refractivity contribution in [1.29, 1.82) is 0 Å². The van der Waals surface area contributed by atoms with Gasteiger partial charge in [0.05, 0.1) is 6.54 Å². The quantitative estimate of drug-likeness (QED) is 0.843. The van der Waals surface area contributed by atoms with Crippen LogP contribution in [0.3, 0.4) is 0 Å². The van der Waals surface area contributed by atoms with Crippen molar-refractivity contribution in [2.45, 2.75) is 25.7 Å². The van der Waals surface area contributed by atoms with Crippen LogP contribution in [0.25, 0.3) is 0 Å². The first-order valence-corrected chi connectivity index (χ1v) is 8.33. The van der Waals surface area contributed by atoms with Crippen LogP contribution < -0.4 is 15.4 Å². The zero-order valence-electron chi connectivity index (χ0n) is 13.8. The van der Waals surface area contributed by atoms with E-state index in [1.54, 1.807) is 42.7 Å². The molecule has 0 unspecified atom stereocenters. The van der Waals surface area contributed by atoms with Gasteiger partial charge in [-0.1, -0.05) is 12.8 Å². The fourth-order valence-corrected chi connectivity index (χ4v) is 2.75. The largest absolute Gasteiger partial charge is 0.424 e. The van der Waals surface area contributed by atoms with Gasteiger partial charge < -0.3 is 15.4 Å². The number of hydrogen-bond acceptors (Lipinski definition) is 5. The lowest BCUT2D eigenvalue weighted by Crippen LogP contribution is -2.36. The Labute approximate surface area is 145 Å². The van der Waals surface area contributed by atoms with E-state index in [0.717, 1.165) is 25.7 Å². The molecule has 1 fully saturated rings. The van der Waals surface area contributed by atoms with Gasteiger partial charge in [-0.25, -0.2) is 9.97 Å². The molecule has 1 aromatic carbocycles. The van der Waals surface area contributed by atoms with Crippen molar-refractivity contribution in [1.82, 2.24) is 15.3 Å². The summed E-state index contributed by atoms with van der Waals surface area (Å²) < 4.78 is 5.48. The lowest BCUT2D eigenvalue weighted by molar-refractivity contribution is -0.127. The molecule has 0 aliphatic heterocycles. The number of rotatable bonds is 6. The molecule has 25 heavy (non-hydrogen) atoms. The molecule has 7 nitrogen and oxygen atoms in total. The molecule has 0 saturated heterocycles. The second kappa shape index (κ2) is 8.23. The Morgan fingerprint density at radius 3 is 2.44 bits per heavy atom. The number of hydrogen-bond donors (Lipinski definition) is 2. The molecule has 1 aliphatic carbocycles. The summed E-state index contributed by atoms with van der Waals surface area (Å²) in [6.45, 7) is -0.0224. The van der Waals surface area contributed by atoms with Crippen LogP contribution >= 0.6 is 0 Å². The molecule has 0 radical (unpaired) electrons. The topological polar surface area (TPSA) is 93.2 Å². The maximum absolute atomic E-state index is 11.9. The molecule has 1 aliphatic rings. The van der Waals surface area contributed by atoms with Crippen LogP contribution in [-0.2, 0) is 9.59 Å². The Balaban J connectivity index is 1.46. The lowest BCUT2D eigenvalue weighted by atomic mass is 10.1. The minimum atomic E-state index is -0.258. The van der Waals surface area contributed by atoms with E-state index >= 15 is 0 Å². The normalized spacial score (nSPS) is 14.1. The molecule has 2 N–H and O–H groups in total. The standard InChI is InChI=1S/C18H20N4O3/c23-16(12-21-17(24)13-4-1-2-5-13)22-14-6-8-15(9-7-14)25-18-19-10-3-11-20-18/h3,6-11,13H,1-2,4-5,12H2,(H,21,24)(H,22,23). The third-order valence-corrected chi connectivity index (χ3v) is 4.04. The number of nitrogens with one attached hydrogen (secondary N) is 2. The van der Waals surface area contributed by atoms with E-state index in [2.05, 4.69) is 20.6 Å². The maximum atomic E-state index is 11.9. The van der Waals surface area contributed by atoms with E-state index in [-0.39, 0.29) is 30.3 Å². The number of ether oxygens (including phenoxy) is 1. The highest BCUT2D eigenvalue weighted by Gasteiger charge is 2.22. The summed E-state index contributed by atoms with van der Waals surface area (Å²) in [6, 6.07) is 8.82. The average molecular weight is 340 g/mol. The van der Waals surface area contributed by atoms with Crippen molar-refractivity contribution in [2.75, 3.05) is 11.9 Å². The van der Waals surface area contributed by atoms with E-state index in [0.29, 0.717) is 11.4 Å². The van der Waals surface area contributed by atoms with Crippen molar-refractivity contribution < 1.29 is 14.3 Å². The van der Waals surface area contributed by atoms with Crippen molar-refractivity contribution in [3.63, 3.8) is 0 Å². The number of nitrogens with zero attached hydrogens (tertiary/aromatic N) is 2. The van der Waals surface area contributed by atoms with Crippen LogP contribution in [0.2, 0.25) is 0 Å². The van der Waals surface area contributed by atoms with Gasteiger partial charge in [-0.3, -0.25) is 9.59 Å². The maximum Gasteiger partial charge on any atom is 0.321 e. The number of anilines is 1. The van der Waals surface area contributed by atoms with Gasteiger partial charge in [-0.2, -0.15) is 0 Å². The molecule has 1 saturated carbocycles. The molecule has 130 valence electrons. The molecule has 0 bridgehead atoms. The van der Waals surface area contributed by atoms with Gasteiger partial charge in [0.2, 0.25) is 11.8 Å². The van der Waals surface area contributed by atoms with Gasteiger partial charge in [0.25, 0.3) is 0 Å². The van der Waals surface area contributed by atoms with Crippen molar-refractivity contribution in [2.24, 2.45) is 5.92 Å². The Morgan fingerprint density at radius 1 is 1.08 bits per heavy atom. The highest BCUT2D eigenvalue weighted by atomic mass is 16.5. The van der Waals surface area contributed by atoms with Crippen molar-refractivity contribution >= 4 is 17.5 Å². The zero-order valence-corrected chi connectivity index (χ0v) is 13.8. The van der Waals surface area contributed by atoms with Crippen LogP contribution in [0.4, 0.5) is 5.69 Å². The summed E-state index contributed by atoms with van der Waals surface area (Å²) in [7, 11) is 0. The summed E-state index contributed by atoms with van der Waals surface area (Å²) >= 11 is 0. The predicted octanol–water partition coefficient (Wildman–Crippen LogP) is 2.51. The van der Waals surface area contributed by atoms with Gasteiger partial charge >= 0.3 is 6.01 Å². The molecular formula is C18H20N4O3. The lowest BCUT2D eigenvalue weighted by Gasteiger charge is -2.11. The SMILES string of the molecule is O=C(CNC(=O)C1CCCC1)Nc1ccc(Oc2ncccn2)cc1. The van der Waals surface area contributed by atoms with Crippen LogP contribution in [-0.4, -0.2) is 28.3 Å². The first kappa shape index (κ1) is 16.9. The van der Waals surface area contributed by atoms with Crippen LogP contribution in [0.15, 0.2) is 42.7 Å². The fourth-order valence-electron chi connectivity index (χ4n) is 2.75. The second-order valence-electron chi connectivity index (χ2n) is 5.91. The molecule has 7 heteroatoms. The average Bonchev–Trinajstić information content (AvgIpc) is 3.17. The molecule has 3 rings (SSSR count). The summed E-state index contributed by atoms with van der Waals surface area (Å²) in [5.74, 6) is 0.342. The van der Waals surface area contributed by atoms with Gasteiger partial charge in [-0.15, -0.1) is 0 Å². The van der Waals surface area contributed by atoms with E-state index in [1.165, 1.54) is 0 Å². The molecule has 2 aromatic rings. The smallest absolute Gasteiger partial charge is 0.321 e. The van der Waals surface area contributed by atoms with Crippen LogP contribution in [0.5, 0.6) is 11.8 Å². The molecular weight excluding hydrogens is 320 g/mol. The summed E-state index contributed by atoms with van der Waals surface area (Å²) in [4.78, 5) is 31.8. The highest BCUT2D eigenvalue weighted by Crippen LogP contribution is 2.24. The Morgan fingerprint density at radius 2 is 1.76 bits per heavy atom. The molecule has 0 spiro atoms. The molecule has 1 heterocycles.